The average Bonchev–Trinajstić information content (AvgIpc) is 2.77. The van der Waals surface area contributed by atoms with Gasteiger partial charge in [-0.25, -0.2) is 4.68 Å². The molecule has 0 amide bonds. The van der Waals surface area contributed by atoms with Crippen molar-refractivity contribution in [3.05, 3.63) is 22.1 Å². The lowest BCUT2D eigenvalue weighted by atomic mass is 10.4. The van der Waals surface area contributed by atoms with E-state index in [0.29, 0.717) is 18.2 Å². The highest BCUT2D eigenvalue weighted by Crippen LogP contribution is 2.32. The molecule has 0 radical (unpaired) electrons. The zero-order chi connectivity index (χ0) is 7.84. The molecule has 1 fully saturated rings. The van der Waals surface area contributed by atoms with E-state index in [1.165, 1.54) is 0 Å². The maximum atomic E-state index is 11.3. The Balaban J connectivity index is 2.41. The van der Waals surface area contributed by atoms with E-state index in [9.17, 15) is 4.79 Å². The summed E-state index contributed by atoms with van der Waals surface area (Å²) in [5, 5.41) is 2.91. The van der Waals surface area contributed by atoms with Gasteiger partial charge in [0.15, 0.2) is 0 Å². The molecule has 11 heavy (non-hydrogen) atoms. The van der Waals surface area contributed by atoms with Gasteiger partial charge in [-0.05, 0) is 12.8 Å². The summed E-state index contributed by atoms with van der Waals surface area (Å²) in [5.41, 5.74) is 6.08. The summed E-state index contributed by atoms with van der Waals surface area (Å²) in [6.45, 7) is 0.328. The Bertz CT molecular complexity index is 308. The van der Waals surface area contributed by atoms with Crippen molar-refractivity contribution >= 4 is 0 Å². The van der Waals surface area contributed by atoms with Gasteiger partial charge in [-0.15, -0.1) is 0 Å². The third-order valence-corrected chi connectivity index (χ3v) is 2.00. The second-order valence-electron chi connectivity index (χ2n) is 2.91. The number of hydrogen-bond acceptors (Lipinski definition) is 2. The van der Waals surface area contributed by atoms with E-state index in [1.54, 1.807) is 10.9 Å². The zero-order valence-electron chi connectivity index (χ0n) is 6.21. The number of nitrogens with zero attached hydrogens (tertiary/aromatic N) is 1. The Hall–Kier alpha value is -1.03. The van der Waals surface area contributed by atoms with Crippen molar-refractivity contribution in [2.75, 3.05) is 0 Å². The normalized spacial score (nSPS) is 17.2. The van der Waals surface area contributed by atoms with Crippen molar-refractivity contribution in [3.8, 4) is 0 Å². The van der Waals surface area contributed by atoms with Gasteiger partial charge >= 0.3 is 0 Å². The van der Waals surface area contributed by atoms with Crippen LogP contribution < -0.4 is 11.3 Å². The first-order chi connectivity index (χ1) is 5.33. The van der Waals surface area contributed by atoms with Crippen molar-refractivity contribution in [3.63, 3.8) is 0 Å². The van der Waals surface area contributed by atoms with E-state index in [0.717, 1.165) is 12.8 Å². The van der Waals surface area contributed by atoms with Crippen LogP contribution in [0.15, 0.2) is 11.0 Å². The Morgan fingerprint density at radius 2 is 2.45 bits per heavy atom. The van der Waals surface area contributed by atoms with Crippen LogP contribution >= 0.6 is 0 Å². The van der Waals surface area contributed by atoms with Crippen molar-refractivity contribution in [1.82, 2.24) is 9.78 Å². The van der Waals surface area contributed by atoms with E-state index >= 15 is 0 Å². The number of rotatable bonds is 2. The molecule has 2 rings (SSSR count). The molecule has 4 heteroatoms. The largest absolute Gasteiger partial charge is 0.326 e. The molecule has 4 nitrogen and oxygen atoms in total. The Morgan fingerprint density at radius 1 is 1.73 bits per heavy atom. The number of aromatic amines is 1. The van der Waals surface area contributed by atoms with Gasteiger partial charge < -0.3 is 10.8 Å². The Labute approximate surface area is 64.0 Å². The van der Waals surface area contributed by atoms with Gasteiger partial charge in [0, 0.05) is 18.3 Å². The second-order valence-corrected chi connectivity index (χ2v) is 2.91. The number of aromatic nitrogens is 2. The quantitative estimate of drug-likeness (QED) is 0.626. The maximum absolute atomic E-state index is 11.3. The fourth-order valence-corrected chi connectivity index (χ4v) is 1.17. The Morgan fingerprint density at radius 3 is 2.91 bits per heavy atom. The van der Waals surface area contributed by atoms with Gasteiger partial charge in [-0.3, -0.25) is 4.79 Å². The van der Waals surface area contributed by atoms with Crippen LogP contribution in [-0.4, -0.2) is 9.78 Å². The molecular weight excluding hydrogens is 142 g/mol. The monoisotopic (exact) mass is 153 g/mol. The van der Waals surface area contributed by atoms with Crippen molar-refractivity contribution in [2.24, 2.45) is 5.73 Å². The van der Waals surface area contributed by atoms with Gasteiger partial charge in [0.1, 0.15) is 0 Å². The molecule has 1 heterocycles. The fourth-order valence-electron chi connectivity index (χ4n) is 1.17. The van der Waals surface area contributed by atoms with Gasteiger partial charge in [-0.1, -0.05) is 0 Å². The molecule has 0 aliphatic heterocycles. The first-order valence-electron chi connectivity index (χ1n) is 3.82. The molecule has 3 N–H and O–H groups in total. The van der Waals surface area contributed by atoms with Crippen LogP contribution in [0.25, 0.3) is 0 Å². The van der Waals surface area contributed by atoms with Crippen LogP contribution in [0.3, 0.4) is 0 Å². The first kappa shape index (κ1) is 6.67. The SMILES string of the molecule is NCc1c[nH]n(C2CC2)c1=O. The van der Waals surface area contributed by atoms with E-state index in [1.807, 2.05) is 0 Å². The molecule has 60 valence electrons. The van der Waals surface area contributed by atoms with Gasteiger partial charge in [-0.2, -0.15) is 0 Å². The summed E-state index contributed by atoms with van der Waals surface area (Å²) in [7, 11) is 0. The highest BCUT2D eigenvalue weighted by atomic mass is 16.1. The average molecular weight is 153 g/mol. The summed E-state index contributed by atoms with van der Waals surface area (Å²) in [6.07, 6.45) is 3.93. The van der Waals surface area contributed by atoms with Crippen LogP contribution in [0.1, 0.15) is 24.4 Å². The topological polar surface area (TPSA) is 63.8 Å². The van der Waals surface area contributed by atoms with Crippen molar-refractivity contribution in [1.29, 1.82) is 0 Å². The minimum absolute atomic E-state index is 0.0509. The van der Waals surface area contributed by atoms with Gasteiger partial charge in [0.05, 0.1) is 6.04 Å². The number of H-pyrrole nitrogens is 1. The summed E-state index contributed by atoms with van der Waals surface area (Å²) < 4.78 is 1.67. The third kappa shape index (κ3) is 0.991. The molecule has 1 aromatic heterocycles. The highest BCUT2D eigenvalue weighted by Gasteiger charge is 2.25. The fraction of sp³-hybridized carbons (Fsp3) is 0.571. The molecule has 1 aliphatic rings. The minimum Gasteiger partial charge on any atom is -0.326 e. The molecule has 1 saturated carbocycles. The van der Waals surface area contributed by atoms with Crippen LogP contribution in [0.4, 0.5) is 0 Å². The number of nitrogens with one attached hydrogen (secondary N) is 1. The molecule has 0 unspecified atom stereocenters. The smallest absolute Gasteiger partial charge is 0.271 e. The van der Waals surface area contributed by atoms with Crippen molar-refractivity contribution < 1.29 is 0 Å². The van der Waals surface area contributed by atoms with Gasteiger partial charge in [0.25, 0.3) is 5.56 Å². The Kier molecular flexibility index (Phi) is 1.35. The molecule has 0 bridgehead atoms. The minimum atomic E-state index is 0.0509. The van der Waals surface area contributed by atoms with E-state index in [-0.39, 0.29) is 5.56 Å². The summed E-state index contributed by atoms with van der Waals surface area (Å²) in [4.78, 5) is 11.3. The second kappa shape index (κ2) is 2.23. The van der Waals surface area contributed by atoms with Crippen LogP contribution in [-0.2, 0) is 6.54 Å². The highest BCUT2D eigenvalue weighted by molar-refractivity contribution is 5.05. The third-order valence-electron chi connectivity index (χ3n) is 2.00. The lowest BCUT2D eigenvalue weighted by Crippen LogP contribution is -2.19. The molecule has 0 atom stereocenters. The van der Waals surface area contributed by atoms with E-state index in [2.05, 4.69) is 5.10 Å². The molecular formula is C7H11N3O. The predicted molar refractivity (Wildman–Crippen MR) is 41.2 cm³/mol. The lowest BCUT2D eigenvalue weighted by Gasteiger charge is -1.93. The molecule has 0 saturated heterocycles. The van der Waals surface area contributed by atoms with Crippen LogP contribution in [0, 0.1) is 0 Å². The summed E-state index contributed by atoms with van der Waals surface area (Å²) in [5.74, 6) is 0. The van der Waals surface area contributed by atoms with E-state index < -0.39 is 0 Å². The predicted octanol–water partition coefficient (Wildman–Crippen LogP) is -0.0300. The first-order valence-corrected chi connectivity index (χ1v) is 3.82. The van der Waals surface area contributed by atoms with Gasteiger partial charge in [0.2, 0.25) is 0 Å². The summed E-state index contributed by atoms with van der Waals surface area (Å²) in [6, 6.07) is 0.419. The number of hydrogen-bond donors (Lipinski definition) is 2. The molecule has 1 aliphatic carbocycles. The zero-order valence-corrected chi connectivity index (χ0v) is 6.21. The molecule has 0 spiro atoms. The molecule has 0 aromatic carbocycles. The standard InChI is InChI=1S/C7H11N3O/c8-3-5-4-9-10(7(5)11)6-1-2-6/h4,6,9H,1-3,8H2. The molecule has 1 aromatic rings. The maximum Gasteiger partial charge on any atom is 0.271 e. The van der Waals surface area contributed by atoms with Crippen LogP contribution in [0.2, 0.25) is 0 Å². The van der Waals surface area contributed by atoms with Crippen LogP contribution in [0.5, 0.6) is 0 Å². The lowest BCUT2D eigenvalue weighted by molar-refractivity contribution is 0.619. The summed E-state index contributed by atoms with van der Waals surface area (Å²) >= 11 is 0. The van der Waals surface area contributed by atoms with E-state index in [4.69, 9.17) is 5.73 Å². The number of nitrogens with two attached hydrogens (primary N) is 1. The van der Waals surface area contributed by atoms with Crippen molar-refractivity contribution in [2.45, 2.75) is 25.4 Å².